The van der Waals surface area contributed by atoms with Gasteiger partial charge < -0.3 is 25.3 Å². The van der Waals surface area contributed by atoms with Crippen molar-refractivity contribution in [2.45, 2.75) is 89.9 Å². The number of carboxylic acids is 2. The average molecular weight is 397 g/mol. The fraction of sp³-hybridized carbons (Fsp3) is 0.889. The van der Waals surface area contributed by atoms with E-state index in [4.69, 9.17) is 0 Å². The molecule has 5 nitrogen and oxygen atoms in total. The molecule has 6 heteroatoms. The third-order valence-electron chi connectivity index (χ3n) is 4.88. The Balaban J connectivity index is 0. The van der Waals surface area contributed by atoms with Crippen LogP contribution >= 0.6 is 0 Å². The van der Waals surface area contributed by atoms with E-state index in [1.165, 1.54) is 38.5 Å². The maximum absolute atomic E-state index is 10.5. The average Bonchev–Trinajstić information content (AvgIpc) is 2.37. The predicted molar refractivity (Wildman–Crippen MR) is 89.3 cm³/mol. The van der Waals surface area contributed by atoms with Gasteiger partial charge >= 0.3 is 19.8 Å². The molecule has 0 spiro atoms. The molecule has 0 aromatic rings. The van der Waals surface area contributed by atoms with Crippen LogP contribution in [0, 0.1) is 11.8 Å². The molecule has 0 atom stereocenters. The molecule has 2 fully saturated rings. The van der Waals surface area contributed by atoms with Crippen LogP contribution in [0.5, 0.6) is 0 Å². The van der Waals surface area contributed by atoms with E-state index in [9.17, 15) is 19.8 Å². The van der Waals surface area contributed by atoms with Gasteiger partial charge in [-0.3, -0.25) is 0 Å². The first-order valence-corrected chi connectivity index (χ1v) is 9.03. The Kier molecular flexibility index (Phi) is 17.2. The fourth-order valence-electron chi connectivity index (χ4n) is 3.38. The van der Waals surface area contributed by atoms with Gasteiger partial charge in [0.25, 0.3) is 0 Å². The number of carbonyl (C=O) groups is 2. The Hall–Kier alpha value is -0.464. The van der Waals surface area contributed by atoms with Gasteiger partial charge in [-0.05, 0) is 37.5 Å². The molecule has 2 saturated carbocycles. The second-order valence-electron chi connectivity index (χ2n) is 6.72. The predicted octanol–water partition coefficient (Wildman–Crippen LogP) is 1.64. The molecule has 1 N–H and O–H groups in total. The summed E-state index contributed by atoms with van der Waals surface area (Å²) in [5.41, 5.74) is 0. The summed E-state index contributed by atoms with van der Waals surface area (Å²) in [6.45, 7) is 0. The first-order chi connectivity index (χ1) is 10.6. The zero-order valence-electron chi connectivity index (χ0n) is 14.7. The molecule has 0 saturated heterocycles. The SMILES string of the molecule is O=C([O-])C1CCCCCCC1.O=C([O-])C1CCCCCCC1.[Ga+3].[OH-]. The summed E-state index contributed by atoms with van der Waals surface area (Å²) in [6.07, 6.45) is 15.0. The molecule has 0 unspecified atom stereocenters. The van der Waals surface area contributed by atoms with Crippen molar-refractivity contribution < 1.29 is 25.3 Å². The minimum Gasteiger partial charge on any atom is -0.870 e. The maximum atomic E-state index is 10.5. The van der Waals surface area contributed by atoms with Gasteiger partial charge in [-0.2, -0.15) is 0 Å². The molecule has 0 aliphatic heterocycles. The second kappa shape index (κ2) is 16.0. The molecular weight excluding hydrogens is 366 g/mol. The van der Waals surface area contributed by atoms with Crippen molar-refractivity contribution in [3.8, 4) is 0 Å². The standard InChI is InChI=1S/2C9H16O2.Ga.H2O/c2*10-9(11)8-6-4-2-1-3-5-7-8;;/h2*8H,1-7H2,(H,10,11);;1H2/q;;+3;/p-3. The van der Waals surface area contributed by atoms with Crippen molar-refractivity contribution in [2.75, 3.05) is 0 Å². The first kappa shape index (κ1) is 25.8. The van der Waals surface area contributed by atoms with Crippen LogP contribution in [-0.4, -0.2) is 37.2 Å². The van der Waals surface area contributed by atoms with Gasteiger partial charge in [0.05, 0.1) is 0 Å². The van der Waals surface area contributed by atoms with E-state index in [-0.39, 0.29) is 37.1 Å². The number of carbonyl (C=O) groups excluding carboxylic acids is 2. The summed E-state index contributed by atoms with van der Waals surface area (Å²) in [5, 5.41) is 21.0. The molecule has 24 heavy (non-hydrogen) atoms. The van der Waals surface area contributed by atoms with Gasteiger partial charge in [0, 0.05) is 11.9 Å². The normalized spacial score (nSPS) is 20.3. The summed E-state index contributed by atoms with van der Waals surface area (Å²) >= 11 is 0. The van der Waals surface area contributed by atoms with Crippen LogP contribution in [0.2, 0.25) is 0 Å². The molecule has 0 amide bonds. The van der Waals surface area contributed by atoms with Gasteiger partial charge in [-0.1, -0.05) is 64.2 Å². The van der Waals surface area contributed by atoms with E-state index in [2.05, 4.69) is 0 Å². The van der Waals surface area contributed by atoms with Crippen LogP contribution in [0.4, 0.5) is 0 Å². The fourth-order valence-corrected chi connectivity index (χ4v) is 3.38. The van der Waals surface area contributed by atoms with Crippen LogP contribution in [0.3, 0.4) is 0 Å². The monoisotopic (exact) mass is 396 g/mol. The molecule has 0 aromatic heterocycles. The van der Waals surface area contributed by atoms with E-state index in [1.807, 2.05) is 0 Å². The van der Waals surface area contributed by atoms with E-state index in [0.29, 0.717) is 0 Å². The summed E-state index contributed by atoms with van der Waals surface area (Å²) < 4.78 is 0. The molecule has 2 aliphatic carbocycles. The summed E-state index contributed by atoms with van der Waals surface area (Å²) in [7, 11) is 0. The number of carboxylic acid groups (broad SMARTS) is 2. The summed E-state index contributed by atoms with van der Waals surface area (Å²) in [6, 6.07) is 0. The molecule has 2 rings (SSSR count). The smallest absolute Gasteiger partial charge is 0.870 e. The summed E-state index contributed by atoms with van der Waals surface area (Å²) in [5.74, 6) is -2.00. The zero-order valence-corrected chi connectivity index (χ0v) is 17.1. The first-order valence-electron chi connectivity index (χ1n) is 9.03. The van der Waals surface area contributed by atoms with Crippen molar-refractivity contribution in [3.05, 3.63) is 0 Å². The largest absolute Gasteiger partial charge is 3.00 e. The second-order valence-corrected chi connectivity index (χ2v) is 6.72. The van der Waals surface area contributed by atoms with Gasteiger partial charge in [-0.15, -0.1) is 0 Å². The van der Waals surface area contributed by atoms with Crippen molar-refractivity contribution >= 4 is 31.7 Å². The minimum atomic E-state index is -0.841. The third kappa shape index (κ3) is 12.0. The Morgan fingerprint density at radius 1 is 0.542 bits per heavy atom. The van der Waals surface area contributed by atoms with Crippen molar-refractivity contribution in [1.82, 2.24) is 0 Å². The number of aliphatic carboxylic acids is 2. The molecule has 0 heterocycles. The van der Waals surface area contributed by atoms with E-state index < -0.39 is 11.9 Å². The molecular formula is C18H31GaO5. The van der Waals surface area contributed by atoms with Crippen molar-refractivity contribution in [3.63, 3.8) is 0 Å². The van der Waals surface area contributed by atoms with E-state index >= 15 is 0 Å². The van der Waals surface area contributed by atoms with Crippen LogP contribution in [-0.2, 0) is 9.59 Å². The topological polar surface area (TPSA) is 110 Å². The van der Waals surface area contributed by atoms with Gasteiger partial charge in [0.15, 0.2) is 0 Å². The van der Waals surface area contributed by atoms with Crippen molar-refractivity contribution in [2.24, 2.45) is 11.8 Å². The Morgan fingerprint density at radius 2 is 0.750 bits per heavy atom. The quantitative estimate of drug-likeness (QED) is 0.658. The zero-order chi connectivity index (χ0) is 16.2. The van der Waals surface area contributed by atoms with Crippen LogP contribution in [0.25, 0.3) is 0 Å². The molecule has 0 radical (unpaired) electrons. The Morgan fingerprint density at radius 3 is 0.958 bits per heavy atom. The van der Waals surface area contributed by atoms with Gasteiger partial charge in [0.2, 0.25) is 0 Å². The van der Waals surface area contributed by atoms with Crippen LogP contribution in [0.15, 0.2) is 0 Å². The van der Waals surface area contributed by atoms with E-state index in [0.717, 1.165) is 51.4 Å². The Bertz CT molecular complexity index is 287. The molecule has 2 aliphatic rings. The maximum Gasteiger partial charge on any atom is 3.00 e. The number of rotatable bonds is 2. The molecule has 0 bridgehead atoms. The Labute approximate surface area is 159 Å². The third-order valence-corrected chi connectivity index (χ3v) is 4.88. The van der Waals surface area contributed by atoms with Gasteiger partial charge in [0.1, 0.15) is 0 Å². The molecule has 0 aromatic carbocycles. The minimum absolute atomic E-state index is 0. The van der Waals surface area contributed by atoms with E-state index in [1.54, 1.807) is 0 Å². The van der Waals surface area contributed by atoms with Gasteiger partial charge in [-0.25, -0.2) is 0 Å². The van der Waals surface area contributed by atoms with Crippen LogP contribution < -0.4 is 10.2 Å². The number of hydrogen-bond donors (Lipinski definition) is 0. The van der Waals surface area contributed by atoms with Crippen molar-refractivity contribution in [1.29, 1.82) is 0 Å². The summed E-state index contributed by atoms with van der Waals surface area (Å²) in [4.78, 5) is 21.0. The van der Waals surface area contributed by atoms with Crippen LogP contribution in [0.1, 0.15) is 89.9 Å². The molecule has 136 valence electrons. The number of hydrogen-bond acceptors (Lipinski definition) is 5.